The predicted octanol–water partition coefficient (Wildman–Crippen LogP) is 3.02. The maximum atomic E-state index is 14.5. The molecule has 36 heavy (non-hydrogen) atoms. The quantitative estimate of drug-likeness (QED) is 0.499. The number of aliphatic hydroxyl groups is 1. The maximum absolute atomic E-state index is 14.5. The first-order valence-electron chi connectivity index (χ1n) is 10.0. The fourth-order valence-electron chi connectivity index (χ4n) is 3.61. The number of alkyl halides is 8. The van der Waals surface area contributed by atoms with Crippen molar-refractivity contribution in [1.29, 1.82) is 0 Å². The van der Waals surface area contributed by atoms with Crippen molar-refractivity contribution >= 4 is 17.8 Å². The van der Waals surface area contributed by atoms with Gasteiger partial charge >= 0.3 is 24.3 Å². The Bertz CT molecular complexity index is 874. The normalized spacial score (nSPS) is 21.8. The second-order valence-corrected chi connectivity index (χ2v) is 7.82. The highest BCUT2D eigenvalue weighted by Gasteiger charge is 2.59. The van der Waals surface area contributed by atoms with E-state index in [2.05, 4.69) is 4.98 Å². The molecule has 3 N–H and O–H groups in total. The van der Waals surface area contributed by atoms with Crippen molar-refractivity contribution in [2.24, 2.45) is 5.41 Å². The van der Waals surface area contributed by atoms with Crippen LogP contribution < -0.4 is 4.90 Å². The van der Waals surface area contributed by atoms with Crippen molar-refractivity contribution in [2.75, 3.05) is 44.2 Å². The minimum Gasteiger partial charge on any atom is -0.475 e. The molecule has 3 rings (SSSR count). The van der Waals surface area contributed by atoms with Gasteiger partial charge in [-0.15, -0.1) is 0 Å². The monoisotopic (exact) mass is 543 g/mol. The predicted molar refractivity (Wildman–Crippen MR) is 104 cm³/mol. The van der Waals surface area contributed by atoms with Crippen LogP contribution in [0.4, 0.5) is 45.3 Å². The topological polar surface area (TPSA) is 114 Å². The molecule has 17 heteroatoms. The van der Waals surface area contributed by atoms with Crippen LogP contribution in [-0.2, 0) is 9.59 Å². The molecule has 1 spiro atoms. The molecule has 2 fully saturated rings. The Morgan fingerprint density at radius 2 is 1.50 bits per heavy atom. The molecular formula is C19H22F9N3O5. The Labute approximate surface area is 197 Å². The van der Waals surface area contributed by atoms with Crippen molar-refractivity contribution in [3.8, 4) is 0 Å². The standard InChI is InChI=1S/C15H20F3N3O.2C2HF3O2/c16-12-2-1-5-19-13(12)21-7-3-14(11-21)10-20(8-9-22)6-4-15(14,17)18;2*3-2(4,5)1(6)7/h1-2,5,22H,3-4,6-11H2;2*(H,6,7). The lowest BCUT2D eigenvalue weighted by Gasteiger charge is -2.45. The summed E-state index contributed by atoms with van der Waals surface area (Å²) in [5, 5.41) is 23.3. The van der Waals surface area contributed by atoms with Crippen molar-refractivity contribution < 1.29 is 64.4 Å². The van der Waals surface area contributed by atoms with Gasteiger partial charge in [-0.25, -0.2) is 27.7 Å². The number of carboxylic acids is 2. The number of piperidine rings is 1. The molecule has 2 aliphatic heterocycles. The molecule has 0 aliphatic carbocycles. The second kappa shape index (κ2) is 11.9. The molecule has 206 valence electrons. The van der Waals surface area contributed by atoms with Crippen LogP contribution in [0.3, 0.4) is 0 Å². The summed E-state index contributed by atoms with van der Waals surface area (Å²) in [5.41, 5.74) is -1.19. The number of halogens is 9. The van der Waals surface area contributed by atoms with Crippen LogP contribution in [-0.4, -0.2) is 94.7 Å². The van der Waals surface area contributed by atoms with Crippen LogP contribution in [0.5, 0.6) is 0 Å². The molecule has 1 unspecified atom stereocenters. The largest absolute Gasteiger partial charge is 0.490 e. The zero-order chi connectivity index (χ0) is 27.9. The van der Waals surface area contributed by atoms with Crippen molar-refractivity contribution in [3.63, 3.8) is 0 Å². The number of hydrogen-bond acceptors (Lipinski definition) is 6. The van der Waals surface area contributed by atoms with Crippen LogP contribution in [0.2, 0.25) is 0 Å². The summed E-state index contributed by atoms with van der Waals surface area (Å²) in [6.07, 6.45) is -8.61. The highest BCUT2D eigenvalue weighted by molar-refractivity contribution is 5.73. The summed E-state index contributed by atoms with van der Waals surface area (Å²) in [6, 6.07) is 2.78. The van der Waals surface area contributed by atoms with E-state index in [1.54, 1.807) is 4.90 Å². The molecular weight excluding hydrogens is 521 g/mol. The van der Waals surface area contributed by atoms with E-state index in [4.69, 9.17) is 24.9 Å². The number of aliphatic carboxylic acids is 2. The van der Waals surface area contributed by atoms with Gasteiger partial charge in [-0.2, -0.15) is 26.3 Å². The highest BCUT2D eigenvalue weighted by atomic mass is 19.4. The van der Waals surface area contributed by atoms with Crippen LogP contribution >= 0.6 is 0 Å². The summed E-state index contributed by atoms with van der Waals surface area (Å²) in [5.74, 6) is -8.63. The molecule has 0 amide bonds. The van der Waals surface area contributed by atoms with Gasteiger partial charge in [0.1, 0.15) is 0 Å². The van der Waals surface area contributed by atoms with Gasteiger partial charge in [-0.05, 0) is 18.6 Å². The van der Waals surface area contributed by atoms with Gasteiger partial charge in [0.2, 0.25) is 0 Å². The number of hydrogen-bond donors (Lipinski definition) is 3. The lowest BCUT2D eigenvalue weighted by molar-refractivity contribution is -0.193. The fourth-order valence-corrected chi connectivity index (χ4v) is 3.61. The van der Waals surface area contributed by atoms with Crippen LogP contribution in [0.25, 0.3) is 0 Å². The van der Waals surface area contributed by atoms with E-state index in [0.717, 1.165) is 0 Å². The molecule has 8 nitrogen and oxygen atoms in total. The zero-order valence-electron chi connectivity index (χ0n) is 18.3. The average Bonchev–Trinajstić information content (AvgIpc) is 3.16. The average molecular weight is 543 g/mol. The van der Waals surface area contributed by atoms with Crippen LogP contribution in [0.15, 0.2) is 18.3 Å². The summed E-state index contributed by atoms with van der Waals surface area (Å²) < 4.78 is 106. The number of carbonyl (C=O) groups is 2. The van der Waals surface area contributed by atoms with E-state index in [1.807, 2.05) is 4.90 Å². The third kappa shape index (κ3) is 8.39. The number of anilines is 1. The van der Waals surface area contributed by atoms with E-state index in [9.17, 15) is 39.5 Å². The summed E-state index contributed by atoms with van der Waals surface area (Å²) in [6.45, 7) is 1.33. The molecule has 2 saturated heterocycles. The Hall–Kier alpha value is -2.82. The van der Waals surface area contributed by atoms with E-state index in [-0.39, 0.29) is 38.5 Å². The number of aromatic nitrogens is 1. The number of carboxylic acid groups (broad SMARTS) is 2. The Morgan fingerprint density at radius 1 is 0.972 bits per heavy atom. The smallest absolute Gasteiger partial charge is 0.475 e. The van der Waals surface area contributed by atoms with Crippen molar-refractivity contribution in [1.82, 2.24) is 9.88 Å². The van der Waals surface area contributed by atoms with Gasteiger partial charge in [0.15, 0.2) is 11.6 Å². The zero-order valence-corrected chi connectivity index (χ0v) is 18.3. The first kappa shape index (κ1) is 31.2. The Kier molecular flexibility index (Phi) is 10.4. The number of pyridine rings is 1. The first-order chi connectivity index (χ1) is 16.4. The van der Waals surface area contributed by atoms with Gasteiger partial charge in [-0.1, -0.05) is 0 Å². The summed E-state index contributed by atoms with van der Waals surface area (Å²) >= 11 is 0. The fraction of sp³-hybridized carbons (Fsp3) is 0.632. The number of β-amino-alcohol motifs (C(OH)–C–C–N with tert-alkyl or cyclic N) is 1. The van der Waals surface area contributed by atoms with Gasteiger partial charge in [0, 0.05) is 45.3 Å². The van der Waals surface area contributed by atoms with Gasteiger partial charge in [0.25, 0.3) is 5.92 Å². The first-order valence-corrected chi connectivity index (χ1v) is 10.0. The molecule has 1 atom stereocenters. The number of nitrogens with zero attached hydrogens (tertiary/aromatic N) is 3. The van der Waals surface area contributed by atoms with Gasteiger partial charge in [-0.3, -0.25) is 4.90 Å². The number of likely N-dealkylation sites (tertiary alicyclic amines) is 1. The SMILES string of the molecule is O=C(O)C(F)(F)F.O=C(O)C(F)(F)F.OCCN1CCC(F)(F)C2(CCN(c3ncccc3F)C2)C1. The van der Waals surface area contributed by atoms with Crippen molar-refractivity contribution in [2.45, 2.75) is 31.1 Å². The molecule has 3 heterocycles. The molecule has 0 bridgehead atoms. The third-order valence-electron chi connectivity index (χ3n) is 5.34. The number of rotatable bonds is 3. The van der Waals surface area contributed by atoms with Crippen LogP contribution in [0.1, 0.15) is 12.8 Å². The van der Waals surface area contributed by atoms with Crippen LogP contribution in [0, 0.1) is 11.2 Å². The minimum absolute atomic E-state index is 0.0414. The molecule has 1 aromatic rings. The molecule has 0 radical (unpaired) electrons. The van der Waals surface area contributed by atoms with E-state index in [1.165, 1.54) is 18.3 Å². The molecule has 0 saturated carbocycles. The minimum atomic E-state index is -5.08. The van der Waals surface area contributed by atoms with Crippen molar-refractivity contribution in [3.05, 3.63) is 24.1 Å². The molecule has 1 aromatic heterocycles. The lowest BCUT2D eigenvalue weighted by atomic mass is 9.75. The Morgan fingerprint density at radius 3 is 1.94 bits per heavy atom. The molecule has 0 aromatic carbocycles. The van der Waals surface area contributed by atoms with E-state index < -0.39 is 41.4 Å². The summed E-state index contributed by atoms with van der Waals surface area (Å²) in [4.78, 5) is 25.3. The number of aliphatic hydroxyl groups excluding tert-OH is 1. The lowest BCUT2D eigenvalue weighted by Crippen LogP contribution is -2.57. The second-order valence-electron chi connectivity index (χ2n) is 7.82. The maximum Gasteiger partial charge on any atom is 0.490 e. The highest BCUT2D eigenvalue weighted by Crippen LogP contribution is 2.50. The molecule has 2 aliphatic rings. The van der Waals surface area contributed by atoms with Gasteiger partial charge < -0.3 is 20.2 Å². The van der Waals surface area contributed by atoms with Gasteiger partial charge in [0.05, 0.1) is 12.0 Å². The Balaban J connectivity index is 0.000000383. The van der Waals surface area contributed by atoms with E-state index >= 15 is 0 Å². The summed E-state index contributed by atoms with van der Waals surface area (Å²) in [7, 11) is 0. The third-order valence-corrected chi connectivity index (χ3v) is 5.34. The van der Waals surface area contributed by atoms with E-state index in [0.29, 0.717) is 19.5 Å².